The van der Waals surface area contributed by atoms with Crippen LogP contribution in [0.15, 0.2) is 54.6 Å². The number of carbonyl (C=O) groups excluding carboxylic acids is 3. The summed E-state index contributed by atoms with van der Waals surface area (Å²) in [5.41, 5.74) is 6.28. The van der Waals surface area contributed by atoms with E-state index in [1.54, 1.807) is 17.0 Å². The average molecular weight is 395 g/mol. The number of para-hydroxylation sites is 1. The zero-order chi connectivity index (χ0) is 20.6. The third-order valence-electron chi connectivity index (χ3n) is 4.90. The zero-order valence-electron chi connectivity index (χ0n) is 16.4. The van der Waals surface area contributed by atoms with Crippen LogP contribution in [-0.2, 0) is 16.2 Å². The van der Waals surface area contributed by atoms with Gasteiger partial charge in [-0.1, -0.05) is 30.3 Å². The van der Waals surface area contributed by atoms with E-state index in [0.29, 0.717) is 31.7 Å². The molecule has 0 unspecified atom stereocenters. The van der Waals surface area contributed by atoms with Gasteiger partial charge < -0.3 is 9.64 Å². The lowest BCUT2D eigenvalue weighted by Crippen LogP contribution is -2.49. The number of hydrogen-bond donors (Lipinski definition) is 2. The zero-order valence-corrected chi connectivity index (χ0v) is 16.4. The molecule has 1 fully saturated rings. The molecule has 1 atom stereocenters. The summed E-state index contributed by atoms with van der Waals surface area (Å²) >= 11 is 0. The molecule has 0 aliphatic carbocycles. The van der Waals surface area contributed by atoms with Gasteiger partial charge in [-0.3, -0.25) is 25.2 Å². The summed E-state index contributed by atoms with van der Waals surface area (Å²) in [5.74, 6) is -0.248. The van der Waals surface area contributed by atoms with Crippen molar-refractivity contribution in [3.63, 3.8) is 0 Å². The molecule has 0 aromatic heterocycles. The van der Waals surface area contributed by atoms with Crippen molar-refractivity contribution < 1.29 is 19.1 Å². The van der Waals surface area contributed by atoms with Crippen LogP contribution in [0.3, 0.4) is 0 Å². The highest BCUT2D eigenvalue weighted by Crippen LogP contribution is 2.16. The Morgan fingerprint density at radius 1 is 1.03 bits per heavy atom. The van der Waals surface area contributed by atoms with Crippen molar-refractivity contribution in [1.29, 1.82) is 0 Å². The molecule has 7 nitrogen and oxygen atoms in total. The quantitative estimate of drug-likeness (QED) is 0.761. The lowest BCUT2D eigenvalue weighted by molar-refractivity contribution is -0.134. The first-order valence-electron chi connectivity index (χ1n) is 9.65. The van der Waals surface area contributed by atoms with Gasteiger partial charge in [-0.05, 0) is 42.7 Å². The first-order valence-corrected chi connectivity index (χ1v) is 9.65. The van der Waals surface area contributed by atoms with Crippen LogP contribution in [0.25, 0.3) is 0 Å². The summed E-state index contributed by atoms with van der Waals surface area (Å²) in [5, 5.41) is 0. The van der Waals surface area contributed by atoms with Crippen molar-refractivity contribution in [1.82, 2.24) is 15.8 Å². The number of amides is 3. The molecule has 0 bridgehead atoms. The third-order valence-corrected chi connectivity index (χ3v) is 4.90. The third kappa shape index (κ3) is 5.81. The van der Waals surface area contributed by atoms with E-state index in [4.69, 9.17) is 4.74 Å². The molecule has 1 saturated heterocycles. The van der Waals surface area contributed by atoms with Gasteiger partial charge in [-0.15, -0.1) is 0 Å². The molecule has 7 heteroatoms. The van der Waals surface area contributed by atoms with E-state index in [1.165, 1.54) is 6.92 Å². The molecular formula is C22H25N3O4. The van der Waals surface area contributed by atoms with Crippen LogP contribution in [0.1, 0.15) is 35.7 Å². The molecule has 2 aromatic rings. The number of rotatable bonds is 5. The molecule has 2 N–H and O–H groups in total. The Labute approximate surface area is 170 Å². The van der Waals surface area contributed by atoms with Gasteiger partial charge in [-0.25, -0.2) is 0 Å². The molecule has 3 rings (SSSR count). The van der Waals surface area contributed by atoms with Gasteiger partial charge in [0.15, 0.2) is 0 Å². The Balaban J connectivity index is 1.46. The van der Waals surface area contributed by atoms with E-state index in [9.17, 15) is 14.4 Å². The van der Waals surface area contributed by atoms with E-state index in [1.807, 2.05) is 42.5 Å². The second kappa shape index (κ2) is 9.73. The average Bonchev–Trinajstić information content (AvgIpc) is 2.77. The van der Waals surface area contributed by atoms with Crippen molar-refractivity contribution in [3.8, 4) is 5.75 Å². The van der Waals surface area contributed by atoms with Gasteiger partial charge in [0.05, 0.1) is 5.92 Å². The number of carbonyl (C=O) groups is 3. The van der Waals surface area contributed by atoms with Gasteiger partial charge >= 0.3 is 0 Å². The minimum atomic E-state index is -0.395. The van der Waals surface area contributed by atoms with Crippen LogP contribution in [0.5, 0.6) is 5.75 Å². The largest absolute Gasteiger partial charge is 0.489 e. The van der Waals surface area contributed by atoms with Crippen molar-refractivity contribution in [3.05, 3.63) is 65.7 Å². The highest BCUT2D eigenvalue weighted by molar-refractivity contribution is 5.95. The minimum absolute atomic E-state index is 0.0390. The van der Waals surface area contributed by atoms with Gasteiger partial charge in [0.25, 0.3) is 5.91 Å². The van der Waals surface area contributed by atoms with Crippen molar-refractivity contribution in [2.75, 3.05) is 13.1 Å². The monoisotopic (exact) mass is 395 g/mol. The maximum atomic E-state index is 12.3. The molecule has 1 aliphatic heterocycles. The molecule has 29 heavy (non-hydrogen) atoms. The van der Waals surface area contributed by atoms with E-state index in [0.717, 1.165) is 17.7 Å². The molecule has 152 valence electrons. The van der Waals surface area contributed by atoms with Crippen LogP contribution in [-0.4, -0.2) is 35.7 Å². The second-order valence-corrected chi connectivity index (χ2v) is 7.05. The smallest absolute Gasteiger partial charge is 0.269 e. The van der Waals surface area contributed by atoms with Crippen LogP contribution in [0, 0.1) is 5.92 Å². The fraction of sp³-hybridized carbons (Fsp3) is 0.318. The van der Waals surface area contributed by atoms with Gasteiger partial charge in [0.2, 0.25) is 11.8 Å². The number of nitrogens with one attached hydrogen (secondary N) is 2. The Hall–Kier alpha value is -3.35. The molecule has 1 heterocycles. The van der Waals surface area contributed by atoms with Crippen molar-refractivity contribution >= 4 is 17.7 Å². The fourth-order valence-electron chi connectivity index (χ4n) is 3.21. The van der Waals surface area contributed by atoms with Crippen LogP contribution < -0.4 is 15.6 Å². The van der Waals surface area contributed by atoms with E-state index >= 15 is 0 Å². The molecule has 3 amide bonds. The summed E-state index contributed by atoms with van der Waals surface area (Å²) < 4.78 is 5.68. The second-order valence-electron chi connectivity index (χ2n) is 7.05. The SMILES string of the molecule is CC(=O)N1CCC[C@@H](C(=O)NNC(=O)c2ccc(COc3ccccc3)cc2)C1. The minimum Gasteiger partial charge on any atom is -0.489 e. The fourth-order valence-corrected chi connectivity index (χ4v) is 3.21. The van der Waals surface area contributed by atoms with Crippen LogP contribution in [0.4, 0.5) is 0 Å². The topological polar surface area (TPSA) is 87.7 Å². The van der Waals surface area contributed by atoms with E-state index in [-0.39, 0.29) is 17.7 Å². The normalized spacial score (nSPS) is 16.0. The predicted molar refractivity (Wildman–Crippen MR) is 108 cm³/mol. The van der Waals surface area contributed by atoms with Crippen molar-refractivity contribution in [2.45, 2.75) is 26.4 Å². The number of ether oxygens (including phenoxy) is 1. The summed E-state index contributed by atoms with van der Waals surface area (Å²) in [6.07, 6.45) is 1.47. The highest BCUT2D eigenvalue weighted by atomic mass is 16.5. The summed E-state index contributed by atoms with van der Waals surface area (Å²) in [4.78, 5) is 37.7. The van der Waals surface area contributed by atoms with Gasteiger partial charge in [0, 0.05) is 25.6 Å². The molecular weight excluding hydrogens is 370 g/mol. The predicted octanol–water partition coefficient (Wildman–Crippen LogP) is 2.29. The highest BCUT2D eigenvalue weighted by Gasteiger charge is 2.27. The molecule has 0 radical (unpaired) electrons. The van der Waals surface area contributed by atoms with Crippen LogP contribution in [0.2, 0.25) is 0 Å². The van der Waals surface area contributed by atoms with E-state index < -0.39 is 5.91 Å². The maximum Gasteiger partial charge on any atom is 0.269 e. The first kappa shape index (κ1) is 20.4. The molecule has 0 saturated carbocycles. The van der Waals surface area contributed by atoms with Crippen molar-refractivity contribution in [2.24, 2.45) is 5.92 Å². The number of likely N-dealkylation sites (tertiary alicyclic amines) is 1. The Kier molecular flexibility index (Phi) is 6.84. The maximum absolute atomic E-state index is 12.3. The number of nitrogens with zero attached hydrogens (tertiary/aromatic N) is 1. The number of hydrogen-bond acceptors (Lipinski definition) is 4. The lowest BCUT2D eigenvalue weighted by Gasteiger charge is -2.31. The number of hydrazine groups is 1. The number of piperidine rings is 1. The summed E-state index contributed by atoms with van der Waals surface area (Å²) in [6, 6.07) is 16.5. The Bertz CT molecular complexity index is 852. The summed E-state index contributed by atoms with van der Waals surface area (Å²) in [6.45, 7) is 2.95. The standard InChI is InChI=1S/C22H25N3O4/c1-16(26)25-13-5-6-19(14-25)22(28)24-23-21(27)18-11-9-17(10-12-18)15-29-20-7-3-2-4-8-20/h2-4,7-12,19H,5-6,13-15H2,1H3,(H,23,27)(H,24,28)/t19-/m1/s1. The first-order chi connectivity index (χ1) is 14.0. The van der Waals surface area contributed by atoms with E-state index in [2.05, 4.69) is 10.9 Å². The molecule has 1 aliphatic rings. The van der Waals surface area contributed by atoms with Gasteiger partial charge in [-0.2, -0.15) is 0 Å². The lowest BCUT2D eigenvalue weighted by atomic mass is 9.97. The Morgan fingerprint density at radius 3 is 2.45 bits per heavy atom. The summed E-state index contributed by atoms with van der Waals surface area (Å²) in [7, 11) is 0. The Morgan fingerprint density at radius 2 is 1.76 bits per heavy atom. The van der Waals surface area contributed by atoms with Crippen LogP contribution >= 0.6 is 0 Å². The molecule has 0 spiro atoms. The molecule has 2 aromatic carbocycles. The van der Waals surface area contributed by atoms with Gasteiger partial charge in [0.1, 0.15) is 12.4 Å². The number of benzene rings is 2.